The van der Waals surface area contributed by atoms with Gasteiger partial charge in [0.05, 0.1) is 10.7 Å². The van der Waals surface area contributed by atoms with Gasteiger partial charge in [0.2, 0.25) is 0 Å². The van der Waals surface area contributed by atoms with Crippen LogP contribution in [-0.4, -0.2) is 21.8 Å². The van der Waals surface area contributed by atoms with Gasteiger partial charge in [-0.2, -0.15) is 0 Å². The molecule has 0 saturated heterocycles. The molecule has 7 heteroatoms. The average molecular weight is 367 g/mol. The maximum Gasteiger partial charge on any atom is 0.274 e. The van der Waals surface area contributed by atoms with Crippen LogP contribution in [0.1, 0.15) is 26.5 Å². The lowest BCUT2D eigenvalue weighted by Gasteiger charge is -2.08. The third-order valence-electron chi connectivity index (χ3n) is 3.51. The summed E-state index contributed by atoms with van der Waals surface area (Å²) in [7, 11) is 0. The summed E-state index contributed by atoms with van der Waals surface area (Å²) in [5, 5.41) is 5.85. The average Bonchev–Trinajstić information content (AvgIpc) is 2.69. The summed E-state index contributed by atoms with van der Waals surface area (Å²) >= 11 is 6.03. The summed E-state index contributed by atoms with van der Waals surface area (Å²) in [6, 6.07) is 15.2. The number of nitrogens with one attached hydrogen (secondary N) is 2. The third-order valence-corrected chi connectivity index (χ3v) is 3.84. The molecule has 3 aromatic rings. The molecule has 2 amide bonds. The minimum absolute atomic E-state index is 0.124. The smallest absolute Gasteiger partial charge is 0.274 e. The number of para-hydroxylation sites is 1. The topological polar surface area (TPSA) is 84.0 Å². The van der Waals surface area contributed by atoms with Crippen LogP contribution in [0.3, 0.4) is 0 Å². The molecule has 2 aromatic heterocycles. The highest BCUT2D eigenvalue weighted by molar-refractivity contribution is 6.33. The molecular formula is C19H15ClN4O2. The van der Waals surface area contributed by atoms with Crippen molar-refractivity contribution in [3.63, 3.8) is 0 Å². The predicted octanol–water partition coefficient (Wildman–Crippen LogP) is 3.31. The van der Waals surface area contributed by atoms with E-state index in [-0.39, 0.29) is 17.3 Å². The summed E-state index contributed by atoms with van der Waals surface area (Å²) in [6.45, 7) is 0.324. The molecule has 6 nitrogen and oxygen atoms in total. The highest BCUT2D eigenvalue weighted by Crippen LogP contribution is 2.20. The largest absolute Gasteiger partial charge is 0.347 e. The molecule has 0 unspecified atom stereocenters. The van der Waals surface area contributed by atoms with Gasteiger partial charge < -0.3 is 10.6 Å². The Kier molecular flexibility index (Phi) is 5.56. The van der Waals surface area contributed by atoms with E-state index in [1.54, 1.807) is 54.9 Å². The van der Waals surface area contributed by atoms with Gasteiger partial charge in [0.15, 0.2) is 0 Å². The first-order valence-electron chi connectivity index (χ1n) is 7.83. The van der Waals surface area contributed by atoms with Gasteiger partial charge in [-0.05, 0) is 35.9 Å². The molecule has 0 aliphatic heterocycles. The van der Waals surface area contributed by atoms with Gasteiger partial charge >= 0.3 is 0 Å². The van der Waals surface area contributed by atoms with E-state index in [2.05, 4.69) is 20.6 Å². The number of carbonyl (C=O) groups excluding carboxylic acids is 2. The number of anilines is 1. The van der Waals surface area contributed by atoms with Gasteiger partial charge in [-0.15, -0.1) is 0 Å². The van der Waals surface area contributed by atoms with Gasteiger partial charge in [0.25, 0.3) is 11.8 Å². The number of aromatic nitrogens is 2. The first-order chi connectivity index (χ1) is 12.6. The monoisotopic (exact) mass is 366 g/mol. The third kappa shape index (κ3) is 4.43. The van der Waals surface area contributed by atoms with Crippen LogP contribution in [-0.2, 0) is 6.54 Å². The van der Waals surface area contributed by atoms with Crippen LogP contribution in [0.4, 0.5) is 5.69 Å². The van der Waals surface area contributed by atoms with E-state index in [1.165, 1.54) is 6.07 Å². The Balaban J connectivity index is 1.68. The fraction of sp³-hybridized carbons (Fsp3) is 0.0526. The van der Waals surface area contributed by atoms with Crippen molar-refractivity contribution in [1.82, 2.24) is 15.3 Å². The fourth-order valence-electron chi connectivity index (χ4n) is 2.21. The van der Waals surface area contributed by atoms with Crippen LogP contribution in [0.5, 0.6) is 0 Å². The molecule has 0 aliphatic rings. The molecule has 0 saturated carbocycles. The van der Waals surface area contributed by atoms with Gasteiger partial charge in [-0.1, -0.05) is 35.9 Å². The van der Waals surface area contributed by atoms with Crippen LogP contribution in [0.2, 0.25) is 5.02 Å². The van der Waals surface area contributed by atoms with Crippen molar-refractivity contribution < 1.29 is 9.59 Å². The highest BCUT2D eigenvalue weighted by atomic mass is 35.5. The molecular weight excluding hydrogens is 352 g/mol. The second-order valence-electron chi connectivity index (χ2n) is 5.39. The number of amides is 2. The summed E-state index contributed by atoms with van der Waals surface area (Å²) < 4.78 is 0. The Labute approximate surface area is 155 Å². The van der Waals surface area contributed by atoms with E-state index in [0.29, 0.717) is 17.3 Å². The molecule has 2 heterocycles. The van der Waals surface area contributed by atoms with E-state index in [1.807, 2.05) is 6.07 Å². The maximum atomic E-state index is 12.3. The Hall–Kier alpha value is -3.25. The predicted molar refractivity (Wildman–Crippen MR) is 99.0 cm³/mol. The number of rotatable bonds is 5. The zero-order valence-corrected chi connectivity index (χ0v) is 14.4. The second-order valence-corrected chi connectivity index (χ2v) is 5.79. The van der Waals surface area contributed by atoms with Crippen LogP contribution in [0.15, 0.2) is 67.0 Å². The summed E-state index contributed by atoms with van der Waals surface area (Å²) in [5.74, 6) is -0.818. The highest BCUT2D eigenvalue weighted by Gasteiger charge is 2.13. The maximum absolute atomic E-state index is 12.3. The Morgan fingerprint density at radius 2 is 1.69 bits per heavy atom. The van der Waals surface area contributed by atoms with Gasteiger partial charge in [0, 0.05) is 18.9 Å². The van der Waals surface area contributed by atoms with Crippen molar-refractivity contribution in [2.75, 3.05) is 5.32 Å². The first kappa shape index (κ1) is 17.6. The van der Waals surface area contributed by atoms with Crippen molar-refractivity contribution in [3.05, 3.63) is 89.0 Å². The second kappa shape index (κ2) is 8.22. The molecule has 0 aliphatic carbocycles. The summed E-state index contributed by atoms with van der Waals surface area (Å²) in [6.07, 6.45) is 3.33. The van der Waals surface area contributed by atoms with Crippen molar-refractivity contribution in [3.8, 4) is 0 Å². The standard InChI is InChI=1S/C19H15ClN4O2/c20-14-6-1-2-7-15(14)24-19(26)17-9-3-8-16(23-17)18(25)22-12-13-5-4-10-21-11-13/h1-11H,12H2,(H,22,25)(H,24,26). The molecule has 2 N–H and O–H groups in total. The van der Waals surface area contributed by atoms with E-state index in [0.717, 1.165) is 5.56 Å². The zero-order valence-electron chi connectivity index (χ0n) is 13.6. The minimum Gasteiger partial charge on any atom is -0.347 e. The van der Waals surface area contributed by atoms with E-state index >= 15 is 0 Å². The number of nitrogens with zero attached hydrogens (tertiary/aromatic N) is 2. The quantitative estimate of drug-likeness (QED) is 0.725. The molecule has 3 rings (SSSR count). The Morgan fingerprint density at radius 3 is 2.42 bits per heavy atom. The van der Waals surface area contributed by atoms with Gasteiger partial charge in [-0.3, -0.25) is 14.6 Å². The molecule has 0 bridgehead atoms. The van der Waals surface area contributed by atoms with E-state index < -0.39 is 5.91 Å². The van der Waals surface area contributed by atoms with Crippen molar-refractivity contribution >= 4 is 29.1 Å². The zero-order chi connectivity index (χ0) is 18.4. The Bertz CT molecular complexity index is 932. The first-order valence-corrected chi connectivity index (χ1v) is 8.21. The van der Waals surface area contributed by atoms with Gasteiger partial charge in [-0.25, -0.2) is 4.98 Å². The number of benzene rings is 1. The molecule has 0 atom stereocenters. The Morgan fingerprint density at radius 1 is 0.923 bits per heavy atom. The van der Waals surface area contributed by atoms with Crippen molar-refractivity contribution in [1.29, 1.82) is 0 Å². The van der Waals surface area contributed by atoms with Crippen molar-refractivity contribution in [2.45, 2.75) is 6.54 Å². The molecule has 130 valence electrons. The molecule has 1 aromatic carbocycles. The lowest BCUT2D eigenvalue weighted by molar-refractivity contribution is 0.0945. The SMILES string of the molecule is O=C(NCc1cccnc1)c1cccc(C(=O)Nc2ccccc2Cl)n1. The summed E-state index contributed by atoms with van der Waals surface area (Å²) in [5.41, 5.74) is 1.63. The molecule has 0 radical (unpaired) electrons. The summed E-state index contributed by atoms with van der Waals surface area (Å²) in [4.78, 5) is 32.7. The number of hydrogen-bond acceptors (Lipinski definition) is 4. The van der Waals surface area contributed by atoms with Crippen molar-refractivity contribution in [2.24, 2.45) is 0 Å². The van der Waals surface area contributed by atoms with E-state index in [9.17, 15) is 9.59 Å². The number of carbonyl (C=O) groups is 2. The van der Waals surface area contributed by atoms with Crippen LogP contribution >= 0.6 is 11.6 Å². The number of hydrogen-bond donors (Lipinski definition) is 2. The number of pyridine rings is 2. The molecule has 0 spiro atoms. The van der Waals surface area contributed by atoms with Gasteiger partial charge in [0.1, 0.15) is 11.4 Å². The normalized spacial score (nSPS) is 10.2. The van der Waals surface area contributed by atoms with Crippen LogP contribution < -0.4 is 10.6 Å². The lowest BCUT2D eigenvalue weighted by Crippen LogP contribution is -2.25. The molecule has 26 heavy (non-hydrogen) atoms. The number of halogens is 1. The van der Waals surface area contributed by atoms with Crippen LogP contribution in [0.25, 0.3) is 0 Å². The molecule has 0 fully saturated rings. The fourth-order valence-corrected chi connectivity index (χ4v) is 2.40. The lowest BCUT2D eigenvalue weighted by atomic mass is 10.2. The van der Waals surface area contributed by atoms with Crippen LogP contribution in [0, 0.1) is 0 Å². The minimum atomic E-state index is -0.444. The van der Waals surface area contributed by atoms with E-state index in [4.69, 9.17) is 11.6 Å².